The van der Waals surface area contributed by atoms with Gasteiger partial charge in [0.05, 0.1) is 6.26 Å². The fourth-order valence-electron chi connectivity index (χ4n) is 1.13. The highest BCUT2D eigenvalue weighted by molar-refractivity contribution is 9.09. The molecule has 1 aromatic heterocycles. The number of furan rings is 1. The highest BCUT2D eigenvalue weighted by atomic mass is 79.9. The molecule has 0 saturated carbocycles. The van der Waals surface area contributed by atoms with Crippen molar-refractivity contribution in [2.24, 2.45) is 0 Å². The molecule has 3 nitrogen and oxygen atoms in total. The molecule has 0 radical (unpaired) electrons. The van der Waals surface area contributed by atoms with E-state index in [9.17, 15) is 4.79 Å². The van der Waals surface area contributed by atoms with Gasteiger partial charge < -0.3 is 9.73 Å². The number of alkyl halides is 1. The molecule has 0 aliphatic rings. The van der Waals surface area contributed by atoms with Gasteiger partial charge in [-0.2, -0.15) is 0 Å². The van der Waals surface area contributed by atoms with E-state index in [1.165, 1.54) is 6.26 Å². The number of halogens is 1. The normalized spacial score (nSPS) is 12.5. The third-order valence-electron chi connectivity index (χ3n) is 1.99. The molecule has 1 amide bonds. The van der Waals surface area contributed by atoms with E-state index in [4.69, 9.17) is 4.42 Å². The molecule has 4 heteroatoms. The van der Waals surface area contributed by atoms with Crippen LogP contribution in [-0.4, -0.2) is 17.3 Å². The first-order valence-corrected chi connectivity index (χ1v) is 5.68. The maximum Gasteiger partial charge on any atom is 0.287 e. The van der Waals surface area contributed by atoms with Gasteiger partial charge >= 0.3 is 0 Å². The average Bonchev–Trinajstić information content (AvgIpc) is 2.51. The van der Waals surface area contributed by atoms with Crippen molar-refractivity contribution >= 4 is 21.8 Å². The van der Waals surface area contributed by atoms with Crippen LogP contribution in [0.2, 0.25) is 0 Å². The lowest BCUT2D eigenvalue weighted by atomic mass is 10.2. The molecular formula is C10H14BrNO2. The quantitative estimate of drug-likeness (QED) is 0.845. The van der Waals surface area contributed by atoms with Gasteiger partial charge in [-0.25, -0.2) is 0 Å². The summed E-state index contributed by atoms with van der Waals surface area (Å²) in [5, 5.41) is 3.74. The van der Waals surface area contributed by atoms with Gasteiger partial charge in [-0.1, -0.05) is 15.9 Å². The van der Waals surface area contributed by atoms with Crippen molar-refractivity contribution in [3.8, 4) is 0 Å². The number of hydrogen-bond acceptors (Lipinski definition) is 2. The Bertz CT molecular complexity index is 309. The van der Waals surface area contributed by atoms with Crippen LogP contribution >= 0.6 is 15.9 Å². The molecule has 0 saturated heterocycles. The van der Waals surface area contributed by atoms with Gasteiger partial charge in [0.2, 0.25) is 0 Å². The van der Waals surface area contributed by atoms with E-state index in [0.29, 0.717) is 5.76 Å². The summed E-state index contributed by atoms with van der Waals surface area (Å²) in [6.45, 7) is 3.82. The fourth-order valence-corrected chi connectivity index (χ4v) is 1.82. The van der Waals surface area contributed by atoms with E-state index in [1.54, 1.807) is 6.07 Å². The zero-order chi connectivity index (χ0) is 10.6. The summed E-state index contributed by atoms with van der Waals surface area (Å²) in [6, 6.07) is 1.94. The lowest BCUT2D eigenvalue weighted by molar-refractivity contribution is 0.0910. The van der Waals surface area contributed by atoms with E-state index in [-0.39, 0.29) is 11.9 Å². The molecule has 1 rings (SSSR count). The van der Waals surface area contributed by atoms with Crippen molar-refractivity contribution in [3.05, 3.63) is 23.7 Å². The summed E-state index contributed by atoms with van der Waals surface area (Å²) in [5.74, 6) is 0.271. The first-order chi connectivity index (χ1) is 6.65. The molecule has 1 atom stereocenters. The number of rotatable bonds is 4. The fraction of sp³-hybridized carbons (Fsp3) is 0.500. The Morgan fingerprint density at radius 3 is 2.93 bits per heavy atom. The van der Waals surface area contributed by atoms with Crippen LogP contribution < -0.4 is 5.32 Å². The molecule has 14 heavy (non-hydrogen) atoms. The summed E-state index contributed by atoms with van der Waals surface area (Å²) in [4.78, 5) is 11.6. The number of nitrogens with one attached hydrogen (secondary N) is 1. The highest BCUT2D eigenvalue weighted by Gasteiger charge is 2.14. The van der Waals surface area contributed by atoms with Crippen molar-refractivity contribution in [1.29, 1.82) is 0 Å². The maximum atomic E-state index is 11.6. The molecule has 1 heterocycles. The zero-order valence-corrected chi connectivity index (χ0v) is 9.93. The van der Waals surface area contributed by atoms with E-state index in [1.807, 2.05) is 13.8 Å². The number of amides is 1. The minimum absolute atomic E-state index is 0.138. The molecule has 0 aliphatic carbocycles. The van der Waals surface area contributed by atoms with Gasteiger partial charge in [-0.3, -0.25) is 4.79 Å². The van der Waals surface area contributed by atoms with E-state index < -0.39 is 0 Å². The number of carbonyl (C=O) groups is 1. The molecule has 0 bridgehead atoms. The maximum absolute atomic E-state index is 11.6. The lowest BCUT2D eigenvalue weighted by Crippen LogP contribution is -2.32. The Morgan fingerprint density at radius 1 is 1.71 bits per heavy atom. The third-order valence-corrected chi connectivity index (χ3v) is 2.45. The van der Waals surface area contributed by atoms with Gasteiger partial charge in [-0.15, -0.1) is 0 Å². The van der Waals surface area contributed by atoms with Gasteiger partial charge in [0.1, 0.15) is 0 Å². The Balaban J connectivity index is 2.55. The number of hydrogen-bond donors (Lipinski definition) is 1. The predicted octanol–water partition coefficient (Wildman–Crippen LogP) is 2.49. The highest BCUT2D eigenvalue weighted by Crippen LogP contribution is 2.08. The summed E-state index contributed by atoms with van der Waals surface area (Å²) in [6.07, 6.45) is 2.44. The Kier molecular flexibility index (Phi) is 4.20. The Morgan fingerprint density at radius 2 is 2.43 bits per heavy atom. The summed E-state index contributed by atoms with van der Waals surface area (Å²) in [7, 11) is 0. The molecule has 1 N–H and O–H groups in total. The lowest BCUT2D eigenvalue weighted by Gasteiger charge is -2.10. The molecule has 0 spiro atoms. The Hall–Kier alpha value is -0.770. The second-order valence-electron chi connectivity index (χ2n) is 3.28. The van der Waals surface area contributed by atoms with Crippen LogP contribution in [0.4, 0.5) is 0 Å². The largest absolute Gasteiger partial charge is 0.459 e. The second-order valence-corrected chi connectivity index (χ2v) is 4.08. The summed E-state index contributed by atoms with van der Waals surface area (Å²) in [5.41, 5.74) is 0.869. The summed E-state index contributed by atoms with van der Waals surface area (Å²) < 4.78 is 5.08. The van der Waals surface area contributed by atoms with Crippen LogP contribution in [0.25, 0.3) is 0 Å². The van der Waals surface area contributed by atoms with Crippen LogP contribution in [0, 0.1) is 6.92 Å². The molecule has 1 aromatic rings. The Labute approximate surface area is 92.0 Å². The SMILES string of the molecule is Cc1ccoc1C(=O)NC(C)CCBr. The van der Waals surface area contributed by atoms with E-state index in [2.05, 4.69) is 21.2 Å². The topological polar surface area (TPSA) is 42.2 Å². The van der Waals surface area contributed by atoms with Crippen LogP contribution in [0.3, 0.4) is 0 Å². The van der Waals surface area contributed by atoms with Crippen molar-refractivity contribution in [2.75, 3.05) is 5.33 Å². The molecule has 1 unspecified atom stereocenters. The van der Waals surface area contributed by atoms with Crippen LogP contribution in [0.15, 0.2) is 16.7 Å². The second kappa shape index (κ2) is 5.20. The van der Waals surface area contributed by atoms with Crippen molar-refractivity contribution < 1.29 is 9.21 Å². The molecule has 78 valence electrons. The van der Waals surface area contributed by atoms with Crippen LogP contribution in [0.1, 0.15) is 29.5 Å². The van der Waals surface area contributed by atoms with Gasteiger partial charge in [0, 0.05) is 16.9 Å². The number of aryl methyl sites for hydroxylation is 1. The van der Waals surface area contributed by atoms with E-state index in [0.717, 1.165) is 17.3 Å². The molecular weight excluding hydrogens is 246 g/mol. The average molecular weight is 260 g/mol. The molecule has 0 aliphatic heterocycles. The van der Waals surface area contributed by atoms with E-state index >= 15 is 0 Å². The van der Waals surface area contributed by atoms with Crippen molar-refractivity contribution in [3.63, 3.8) is 0 Å². The summed E-state index contributed by atoms with van der Waals surface area (Å²) >= 11 is 3.33. The number of carbonyl (C=O) groups excluding carboxylic acids is 1. The monoisotopic (exact) mass is 259 g/mol. The first kappa shape index (κ1) is 11.3. The predicted molar refractivity (Wildman–Crippen MR) is 58.8 cm³/mol. The first-order valence-electron chi connectivity index (χ1n) is 4.56. The van der Waals surface area contributed by atoms with Gasteiger partial charge in [-0.05, 0) is 26.3 Å². The zero-order valence-electron chi connectivity index (χ0n) is 8.34. The standard InChI is InChI=1S/C10H14BrNO2/c1-7-4-6-14-9(7)10(13)12-8(2)3-5-11/h4,6,8H,3,5H2,1-2H3,(H,12,13). The van der Waals surface area contributed by atoms with Crippen molar-refractivity contribution in [2.45, 2.75) is 26.3 Å². The molecule has 0 fully saturated rings. The van der Waals surface area contributed by atoms with Crippen molar-refractivity contribution in [1.82, 2.24) is 5.32 Å². The van der Waals surface area contributed by atoms with Gasteiger partial charge in [0.15, 0.2) is 5.76 Å². The van der Waals surface area contributed by atoms with Crippen LogP contribution in [-0.2, 0) is 0 Å². The van der Waals surface area contributed by atoms with Crippen LogP contribution in [0.5, 0.6) is 0 Å². The minimum Gasteiger partial charge on any atom is -0.459 e. The third kappa shape index (κ3) is 2.87. The molecule has 0 aromatic carbocycles. The smallest absolute Gasteiger partial charge is 0.287 e. The minimum atomic E-state index is -0.138. The van der Waals surface area contributed by atoms with Gasteiger partial charge in [0.25, 0.3) is 5.91 Å².